The molecule has 8 nitrogen and oxygen atoms in total. The van der Waals surface area contributed by atoms with Gasteiger partial charge in [0.05, 0.1) is 0 Å². The summed E-state index contributed by atoms with van der Waals surface area (Å²) in [7, 11) is 0. The number of unbranched alkanes of at least 4 members (excludes halogenated alkanes) is 4. The molecule has 0 saturated heterocycles. The fraction of sp³-hybridized carbons (Fsp3) is 0.400. The fourth-order valence-corrected chi connectivity index (χ4v) is 3.29. The second-order valence-corrected chi connectivity index (χ2v) is 7.79. The van der Waals surface area contributed by atoms with Crippen molar-refractivity contribution in [2.75, 3.05) is 6.54 Å². The van der Waals surface area contributed by atoms with E-state index in [0.717, 1.165) is 44.1 Å². The van der Waals surface area contributed by atoms with Gasteiger partial charge in [-0.25, -0.2) is 10.3 Å². The van der Waals surface area contributed by atoms with Gasteiger partial charge in [0.15, 0.2) is 0 Å². The lowest BCUT2D eigenvalue weighted by molar-refractivity contribution is -0.131. The molecule has 4 N–H and O–H groups in total. The van der Waals surface area contributed by atoms with Crippen molar-refractivity contribution in [1.29, 1.82) is 0 Å². The number of aryl methyl sites for hydroxylation is 1. The van der Waals surface area contributed by atoms with Gasteiger partial charge in [0.1, 0.15) is 12.6 Å². The van der Waals surface area contributed by atoms with Crippen molar-refractivity contribution in [3.05, 3.63) is 71.8 Å². The van der Waals surface area contributed by atoms with Crippen LogP contribution in [0.25, 0.3) is 0 Å². The first-order chi connectivity index (χ1) is 16.1. The largest absolute Gasteiger partial charge is 0.445 e. The molecule has 1 atom stereocenters. The van der Waals surface area contributed by atoms with Gasteiger partial charge in [0, 0.05) is 13.0 Å². The maximum atomic E-state index is 12.1. The first-order valence-electron chi connectivity index (χ1n) is 11.3. The molecule has 0 saturated carbocycles. The molecule has 2 aromatic rings. The zero-order valence-corrected chi connectivity index (χ0v) is 18.8. The van der Waals surface area contributed by atoms with Crippen LogP contribution in [-0.4, -0.2) is 35.7 Å². The Balaban J connectivity index is 1.59. The Morgan fingerprint density at radius 3 is 2.09 bits per heavy atom. The van der Waals surface area contributed by atoms with Crippen molar-refractivity contribution in [3.8, 4) is 0 Å². The third kappa shape index (κ3) is 11.2. The standard InChI is InChI=1S/C25H33N3O5/c29-23(17-11-3-1-2-6-12-20-13-7-4-8-14-20)26-18-22(24(30)28-32)27-25(31)33-19-21-15-9-5-10-16-21/h4-5,7-10,13-16,22,32H,1-3,6,11-12,17-19H2,(H,26,29)(H,27,31)(H,28,30)/t22-/m0/s1. The average Bonchev–Trinajstić information content (AvgIpc) is 2.85. The van der Waals surface area contributed by atoms with Gasteiger partial charge >= 0.3 is 6.09 Å². The summed E-state index contributed by atoms with van der Waals surface area (Å²) in [6.45, 7) is -0.111. The third-order valence-corrected chi connectivity index (χ3v) is 5.15. The van der Waals surface area contributed by atoms with Crippen LogP contribution in [0.5, 0.6) is 0 Å². The van der Waals surface area contributed by atoms with Crippen LogP contribution in [0, 0.1) is 0 Å². The zero-order valence-electron chi connectivity index (χ0n) is 18.8. The molecule has 0 radical (unpaired) electrons. The van der Waals surface area contributed by atoms with Crippen LogP contribution in [0.2, 0.25) is 0 Å². The molecule has 0 heterocycles. The second kappa shape index (κ2) is 15.4. The highest BCUT2D eigenvalue weighted by Crippen LogP contribution is 2.09. The van der Waals surface area contributed by atoms with E-state index in [2.05, 4.69) is 22.8 Å². The smallest absolute Gasteiger partial charge is 0.408 e. The summed E-state index contributed by atoms with van der Waals surface area (Å²) in [6.07, 6.45) is 5.58. The van der Waals surface area contributed by atoms with E-state index >= 15 is 0 Å². The Morgan fingerprint density at radius 2 is 1.42 bits per heavy atom. The van der Waals surface area contributed by atoms with Crippen LogP contribution in [0.1, 0.15) is 49.7 Å². The topological polar surface area (TPSA) is 117 Å². The molecule has 33 heavy (non-hydrogen) atoms. The summed E-state index contributed by atoms with van der Waals surface area (Å²) < 4.78 is 5.08. The monoisotopic (exact) mass is 455 g/mol. The molecule has 0 aliphatic heterocycles. The van der Waals surface area contributed by atoms with E-state index in [1.165, 1.54) is 11.0 Å². The van der Waals surface area contributed by atoms with Gasteiger partial charge in [-0.3, -0.25) is 14.8 Å². The fourth-order valence-electron chi connectivity index (χ4n) is 3.29. The molecule has 178 valence electrons. The van der Waals surface area contributed by atoms with Crippen molar-refractivity contribution in [3.63, 3.8) is 0 Å². The highest BCUT2D eigenvalue weighted by atomic mass is 16.5. The van der Waals surface area contributed by atoms with Crippen molar-refractivity contribution < 1.29 is 24.3 Å². The number of alkyl carbamates (subject to hydrolysis) is 1. The van der Waals surface area contributed by atoms with E-state index in [4.69, 9.17) is 9.94 Å². The number of benzene rings is 2. The predicted octanol–water partition coefficient (Wildman–Crippen LogP) is 3.49. The molecule has 3 amide bonds. The molecule has 0 aliphatic carbocycles. The Bertz CT molecular complexity index is 846. The number of hydrogen-bond donors (Lipinski definition) is 4. The van der Waals surface area contributed by atoms with Crippen LogP contribution in [-0.2, 0) is 27.4 Å². The molecule has 0 unspecified atom stereocenters. The molecule has 2 rings (SSSR count). The Labute approximate surface area is 194 Å². The van der Waals surface area contributed by atoms with E-state index in [-0.39, 0.29) is 19.1 Å². The first kappa shape index (κ1) is 25.9. The molecular weight excluding hydrogens is 422 g/mol. The maximum Gasteiger partial charge on any atom is 0.408 e. The zero-order chi connectivity index (χ0) is 23.7. The molecular formula is C25H33N3O5. The molecule has 0 aliphatic rings. The first-order valence-corrected chi connectivity index (χ1v) is 11.3. The number of carbonyl (C=O) groups excluding carboxylic acids is 3. The van der Waals surface area contributed by atoms with Crippen molar-refractivity contribution >= 4 is 17.9 Å². The molecule has 0 bridgehead atoms. The minimum absolute atomic E-state index is 0.0395. The summed E-state index contributed by atoms with van der Waals surface area (Å²) in [5.74, 6) is -1.06. The van der Waals surface area contributed by atoms with Crippen molar-refractivity contribution in [1.82, 2.24) is 16.1 Å². The van der Waals surface area contributed by atoms with Gasteiger partial charge in [-0.05, 0) is 30.4 Å². The second-order valence-electron chi connectivity index (χ2n) is 7.79. The van der Waals surface area contributed by atoms with Gasteiger partial charge in [-0.1, -0.05) is 79.9 Å². The van der Waals surface area contributed by atoms with E-state index in [1.807, 2.05) is 36.4 Å². The quantitative estimate of drug-likeness (QED) is 0.198. The van der Waals surface area contributed by atoms with E-state index in [9.17, 15) is 14.4 Å². The lowest BCUT2D eigenvalue weighted by atomic mass is 10.0. The van der Waals surface area contributed by atoms with E-state index in [1.54, 1.807) is 12.1 Å². The van der Waals surface area contributed by atoms with Crippen LogP contribution < -0.4 is 16.1 Å². The number of amides is 3. The Morgan fingerprint density at radius 1 is 0.818 bits per heavy atom. The normalized spacial score (nSPS) is 11.3. The molecule has 2 aromatic carbocycles. The molecule has 0 spiro atoms. The summed E-state index contributed by atoms with van der Waals surface area (Å²) in [5.41, 5.74) is 3.63. The average molecular weight is 456 g/mol. The summed E-state index contributed by atoms with van der Waals surface area (Å²) in [4.78, 5) is 35.9. The summed E-state index contributed by atoms with van der Waals surface area (Å²) in [6, 6.07) is 18.3. The van der Waals surface area contributed by atoms with Crippen LogP contribution in [0.15, 0.2) is 60.7 Å². The Hall–Kier alpha value is -3.39. The molecule has 0 fully saturated rings. The number of carbonyl (C=O) groups is 3. The number of nitrogens with one attached hydrogen (secondary N) is 3. The van der Waals surface area contributed by atoms with Gasteiger partial charge in [0.2, 0.25) is 5.91 Å². The van der Waals surface area contributed by atoms with E-state index < -0.39 is 18.0 Å². The lowest BCUT2D eigenvalue weighted by Crippen LogP contribution is -2.52. The van der Waals surface area contributed by atoms with E-state index in [0.29, 0.717) is 6.42 Å². The van der Waals surface area contributed by atoms with Crippen LogP contribution in [0.3, 0.4) is 0 Å². The number of ether oxygens (including phenoxy) is 1. The maximum absolute atomic E-state index is 12.1. The van der Waals surface area contributed by atoms with Crippen molar-refractivity contribution in [2.24, 2.45) is 0 Å². The number of hydroxylamine groups is 1. The van der Waals surface area contributed by atoms with Gasteiger partial charge < -0.3 is 15.4 Å². The third-order valence-electron chi connectivity index (χ3n) is 5.15. The number of hydrogen-bond acceptors (Lipinski definition) is 5. The summed E-state index contributed by atoms with van der Waals surface area (Å²) >= 11 is 0. The van der Waals surface area contributed by atoms with Crippen LogP contribution in [0.4, 0.5) is 4.79 Å². The highest BCUT2D eigenvalue weighted by molar-refractivity contribution is 5.86. The van der Waals surface area contributed by atoms with Gasteiger partial charge in [-0.15, -0.1) is 0 Å². The predicted molar refractivity (Wildman–Crippen MR) is 124 cm³/mol. The van der Waals surface area contributed by atoms with Crippen molar-refractivity contribution in [2.45, 2.75) is 57.6 Å². The molecule has 8 heteroatoms. The SMILES string of the molecule is O=C(CCCCCCCc1ccccc1)NC[C@H](NC(=O)OCc1ccccc1)C(=O)NO. The molecule has 0 aromatic heterocycles. The van der Waals surface area contributed by atoms with Gasteiger partial charge in [0.25, 0.3) is 5.91 Å². The number of rotatable bonds is 14. The Kier molecular flexibility index (Phi) is 12.1. The highest BCUT2D eigenvalue weighted by Gasteiger charge is 2.22. The lowest BCUT2D eigenvalue weighted by Gasteiger charge is -2.17. The minimum atomic E-state index is -1.15. The minimum Gasteiger partial charge on any atom is -0.445 e. The van der Waals surface area contributed by atoms with Crippen LogP contribution >= 0.6 is 0 Å². The summed E-state index contributed by atoms with van der Waals surface area (Å²) in [5, 5.41) is 13.9. The van der Waals surface area contributed by atoms with Gasteiger partial charge in [-0.2, -0.15) is 0 Å².